The van der Waals surface area contributed by atoms with Crippen LogP contribution in [0.15, 0.2) is 0 Å². The average molecular weight is 875 g/mol. The number of hydrogen-bond acceptors (Lipinski definition) is 10. The van der Waals surface area contributed by atoms with Gasteiger partial charge in [0, 0.05) is 18.1 Å². The molecule has 0 aromatic carbocycles. The molecule has 0 aliphatic carbocycles. The molecule has 0 fully saturated rings. The number of nitrogens with zero attached hydrogens (tertiary/aromatic N) is 2. The maximum absolute atomic E-state index is 13.4. The second-order valence-corrected chi connectivity index (χ2v) is 19.0. The molecule has 0 aromatic rings. The minimum atomic E-state index is -0.468. The Hall–Kier alpha value is -1.17. The molecule has 350 valence electrons. The summed E-state index contributed by atoms with van der Waals surface area (Å²) in [5, 5.41) is 0. The molecule has 0 aromatic heterocycles. The van der Waals surface area contributed by atoms with E-state index in [1.165, 1.54) is 69.1 Å². The first-order valence-electron chi connectivity index (χ1n) is 24.7. The van der Waals surface area contributed by atoms with Gasteiger partial charge >= 0.3 is 18.0 Å². The van der Waals surface area contributed by atoms with E-state index in [1.807, 2.05) is 0 Å². The van der Waals surface area contributed by atoms with Gasteiger partial charge in [-0.3, -0.25) is 9.59 Å². The van der Waals surface area contributed by atoms with E-state index in [2.05, 4.69) is 46.4 Å². The zero-order chi connectivity index (χ0) is 43.4. The summed E-state index contributed by atoms with van der Waals surface area (Å²) in [6.07, 6.45) is 27.5. The Balaban J connectivity index is 5.24. The van der Waals surface area contributed by atoms with Crippen LogP contribution in [0.5, 0.6) is 0 Å². The summed E-state index contributed by atoms with van der Waals surface area (Å²) in [5.41, 5.74) is 0. The normalized spacial score (nSPS) is 12.5. The lowest BCUT2D eigenvalue weighted by atomic mass is 9.94. The molecule has 0 heterocycles. The van der Waals surface area contributed by atoms with Gasteiger partial charge in [0.1, 0.15) is 19.8 Å². The lowest BCUT2D eigenvalue weighted by Gasteiger charge is -2.23. The van der Waals surface area contributed by atoms with E-state index in [1.54, 1.807) is 21.6 Å². The van der Waals surface area contributed by atoms with Crippen LogP contribution in [0, 0.1) is 11.8 Å². The monoisotopic (exact) mass is 875 g/mol. The Morgan fingerprint density at radius 2 is 0.831 bits per heavy atom. The molecule has 2 atom stereocenters. The quantitative estimate of drug-likeness (QED) is 0.0255. The molecule has 0 aliphatic heterocycles. The maximum Gasteiger partial charge on any atom is 0.410 e. The Kier molecular flexibility index (Phi) is 44.0. The SMILES string of the molecule is CCCCCCCCC(CCCCCC)C(=O)OCCN(CCOC(=O)C(CCCCCC)CCCCCCCC)C(=O)OCCSSCCOCCN(CC)CCC. The van der Waals surface area contributed by atoms with Crippen molar-refractivity contribution in [3.63, 3.8) is 0 Å². The third-order valence-electron chi connectivity index (χ3n) is 11.1. The molecule has 0 aliphatic rings. The molecule has 0 bridgehead atoms. The standard InChI is InChI=1S/C48H94N2O7S2/c1-7-13-17-21-23-27-31-44(29-25-19-15-9-3)46(51)55-38-35-50(48(53)57-41-43-59-58-42-40-54-37-34-49(12-6)33-11-5)36-39-56-47(52)45(30-26-20-16-10-4)32-28-24-22-18-14-8-2/h44-45H,7-43H2,1-6H3. The fourth-order valence-corrected chi connectivity index (χ4v) is 8.97. The van der Waals surface area contributed by atoms with Gasteiger partial charge in [0.15, 0.2) is 0 Å². The second kappa shape index (κ2) is 44.9. The average Bonchev–Trinajstić information content (AvgIpc) is 3.24. The first-order valence-corrected chi connectivity index (χ1v) is 27.2. The van der Waals surface area contributed by atoms with Crippen LogP contribution in [0.1, 0.15) is 202 Å². The van der Waals surface area contributed by atoms with Crippen LogP contribution in [0.25, 0.3) is 0 Å². The molecule has 9 nitrogen and oxygen atoms in total. The van der Waals surface area contributed by atoms with E-state index in [-0.39, 0.29) is 56.7 Å². The largest absolute Gasteiger partial charge is 0.464 e. The van der Waals surface area contributed by atoms with E-state index in [0.717, 1.165) is 128 Å². The number of rotatable bonds is 45. The van der Waals surface area contributed by atoms with Crippen LogP contribution in [0.2, 0.25) is 0 Å². The number of amides is 1. The number of carbonyl (C=O) groups is 3. The summed E-state index contributed by atoms with van der Waals surface area (Å²) < 4.78 is 23.2. The third kappa shape index (κ3) is 36.1. The van der Waals surface area contributed by atoms with Gasteiger partial charge in [0.2, 0.25) is 0 Å². The fourth-order valence-electron chi connectivity index (χ4n) is 7.29. The second-order valence-electron chi connectivity index (χ2n) is 16.3. The highest BCUT2D eigenvalue weighted by molar-refractivity contribution is 8.76. The molecule has 2 unspecified atom stereocenters. The molecular formula is C48H94N2O7S2. The van der Waals surface area contributed by atoms with Crippen LogP contribution < -0.4 is 0 Å². The summed E-state index contributed by atoms with van der Waals surface area (Å²) in [4.78, 5) is 44.1. The molecule has 0 N–H and O–H groups in total. The number of esters is 2. The highest BCUT2D eigenvalue weighted by Gasteiger charge is 2.23. The zero-order valence-corrected chi connectivity index (χ0v) is 41.0. The van der Waals surface area contributed by atoms with E-state index in [4.69, 9.17) is 18.9 Å². The fraction of sp³-hybridized carbons (Fsp3) is 0.938. The summed E-state index contributed by atoms with van der Waals surface area (Å²) in [6, 6.07) is 0. The lowest BCUT2D eigenvalue weighted by Crippen LogP contribution is -2.38. The van der Waals surface area contributed by atoms with E-state index in [9.17, 15) is 14.4 Å². The minimum absolute atomic E-state index is 0.0982. The molecule has 0 rings (SSSR count). The predicted octanol–water partition coefficient (Wildman–Crippen LogP) is 13.3. The number of unbranched alkanes of at least 4 members (excludes halogenated alkanes) is 16. The molecule has 1 amide bonds. The van der Waals surface area contributed by atoms with Gasteiger partial charge in [0.05, 0.1) is 38.1 Å². The van der Waals surface area contributed by atoms with Gasteiger partial charge in [-0.2, -0.15) is 0 Å². The predicted molar refractivity (Wildman–Crippen MR) is 253 cm³/mol. The Labute approximate surface area is 372 Å². The molecule has 11 heteroatoms. The Bertz CT molecular complexity index is 897. The van der Waals surface area contributed by atoms with E-state index in [0.29, 0.717) is 12.4 Å². The van der Waals surface area contributed by atoms with Crippen molar-refractivity contribution in [2.24, 2.45) is 11.8 Å². The molecular weight excluding hydrogens is 781 g/mol. The topological polar surface area (TPSA) is 94.6 Å². The molecule has 59 heavy (non-hydrogen) atoms. The maximum atomic E-state index is 13.4. The van der Waals surface area contributed by atoms with Crippen molar-refractivity contribution < 1.29 is 33.3 Å². The number of ether oxygens (including phenoxy) is 4. The van der Waals surface area contributed by atoms with Crippen LogP contribution in [-0.4, -0.2) is 105 Å². The molecule has 0 spiro atoms. The van der Waals surface area contributed by atoms with Gasteiger partial charge in [-0.05, 0) is 45.2 Å². The Morgan fingerprint density at radius 3 is 1.25 bits per heavy atom. The van der Waals surface area contributed by atoms with Crippen molar-refractivity contribution in [2.45, 2.75) is 202 Å². The first kappa shape index (κ1) is 57.8. The lowest BCUT2D eigenvalue weighted by molar-refractivity contribution is -0.149. The Morgan fingerprint density at radius 1 is 0.424 bits per heavy atom. The number of carbonyl (C=O) groups excluding carboxylic acids is 3. The van der Waals surface area contributed by atoms with Gasteiger partial charge in [0.25, 0.3) is 0 Å². The van der Waals surface area contributed by atoms with Gasteiger partial charge in [-0.25, -0.2) is 4.79 Å². The zero-order valence-electron chi connectivity index (χ0n) is 39.4. The number of likely N-dealkylation sites (N-methyl/N-ethyl adjacent to an activating group) is 1. The highest BCUT2D eigenvalue weighted by Crippen LogP contribution is 2.23. The summed E-state index contributed by atoms with van der Waals surface area (Å²) >= 11 is 0. The smallest absolute Gasteiger partial charge is 0.410 e. The van der Waals surface area contributed by atoms with E-state index >= 15 is 0 Å². The van der Waals surface area contributed by atoms with Gasteiger partial charge < -0.3 is 28.7 Å². The highest BCUT2D eigenvalue weighted by atomic mass is 33.1. The molecule has 0 saturated carbocycles. The van der Waals surface area contributed by atoms with Gasteiger partial charge in [-0.1, -0.05) is 192 Å². The summed E-state index contributed by atoms with van der Waals surface area (Å²) in [7, 11) is 3.39. The number of hydrogen-bond donors (Lipinski definition) is 0. The van der Waals surface area contributed by atoms with E-state index < -0.39 is 6.09 Å². The minimum Gasteiger partial charge on any atom is -0.464 e. The van der Waals surface area contributed by atoms with Gasteiger partial charge in [-0.15, -0.1) is 0 Å². The van der Waals surface area contributed by atoms with Crippen LogP contribution in [-0.2, 0) is 28.5 Å². The summed E-state index contributed by atoms with van der Waals surface area (Å²) in [6.45, 7) is 18.7. The van der Waals surface area contributed by atoms with Crippen LogP contribution in [0.3, 0.4) is 0 Å². The van der Waals surface area contributed by atoms with Crippen molar-refractivity contribution in [3.05, 3.63) is 0 Å². The van der Waals surface area contributed by atoms with Crippen molar-refractivity contribution in [2.75, 3.05) is 77.3 Å². The van der Waals surface area contributed by atoms with Crippen molar-refractivity contribution in [1.29, 1.82) is 0 Å². The van der Waals surface area contributed by atoms with Crippen LogP contribution in [0.4, 0.5) is 4.79 Å². The van der Waals surface area contributed by atoms with Crippen molar-refractivity contribution in [3.8, 4) is 0 Å². The van der Waals surface area contributed by atoms with Crippen molar-refractivity contribution in [1.82, 2.24) is 9.80 Å². The third-order valence-corrected chi connectivity index (χ3v) is 13.4. The molecule has 0 radical (unpaired) electrons. The first-order chi connectivity index (χ1) is 28.9. The van der Waals surface area contributed by atoms with Crippen LogP contribution >= 0.6 is 21.6 Å². The van der Waals surface area contributed by atoms with Crippen molar-refractivity contribution >= 4 is 39.6 Å². The molecule has 0 saturated heterocycles. The summed E-state index contributed by atoms with van der Waals surface area (Å²) in [5.74, 6) is 1.01.